The molecule has 3 atom stereocenters. The second-order valence-electron chi connectivity index (χ2n) is 4.47. The molecule has 66 valence electrons. The molecule has 0 amide bonds. The molecule has 1 nitrogen and oxygen atoms in total. The lowest BCUT2D eigenvalue weighted by Crippen LogP contribution is -2.29. The zero-order valence-corrected chi connectivity index (χ0v) is 7.84. The third-order valence-electron chi connectivity index (χ3n) is 3.96. The van der Waals surface area contributed by atoms with Crippen molar-refractivity contribution >= 4 is 5.78 Å². The van der Waals surface area contributed by atoms with E-state index in [1.807, 2.05) is 0 Å². The smallest absolute Gasteiger partial charge is 0.136 e. The lowest BCUT2D eigenvalue weighted by Gasteiger charge is -2.35. The normalized spacial score (nSPS) is 46.3. The lowest BCUT2D eigenvalue weighted by molar-refractivity contribution is -0.121. The molecule has 1 saturated carbocycles. The van der Waals surface area contributed by atoms with E-state index in [1.54, 1.807) is 0 Å². The van der Waals surface area contributed by atoms with Crippen LogP contribution in [0.4, 0.5) is 0 Å². The van der Waals surface area contributed by atoms with E-state index in [2.05, 4.69) is 26.0 Å². The average molecular weight is 164 g/mol. The molecule has 2 rings (SSSR count). The van der Waals surface area contributed by atoms with Crippen LogP contribution in [0.15, 0.2) is 12.2 Å². The van der Waals surface area contributed by atoms with Crippen LogP contribution in [0.5, 0.6) is 0 Å². The first kappa shape index (κ1) is 8.03. The molecule has 0 aromatic carbocycles. The molecule has 0 radical (unpaired) electrons. The summed E-state index contributed by atoms with van der Waals surface area (Å²) in [7, 11) is 0. The fraction of sp³-hybridized carbons (Fsp3) is 0.727. The van der Waals surface area contributed by atoms with Crippen molar-refractivity contribution in [1.82, 2.24) is 0 Å². The Bertz CT molecular complexity index is 241. The number of carbonyl (C=O) groups excluding carboxylic acids is 1. The number of hydrogen-bond donors (Lipinski definition) is 0. The number of Topliss-reactive ketones (excluding diaryl/α,β-unsaturated/α-hetero) is 1. The first-order chi connectivity index (χ1) is 5.64. The Balaban J connectivity index is 2.34. The van der Waals surface area contributed by atoms with Gasteiger partial charge in [0.15, 0.2) is 0 Å². The molecule has 0 spiro atoms. The van der Waals surface area contributed by atoms with E-state index in [0.717, 1.165) is 12.8 Å². The predicted molar refractivity (Wildman–Crippen MR) is 48.8 cm³/mol. The minimum Gasteiger partial charge on any atom is -0.299 e. The molecule has 2 aliphatic rings. The van der Waals surface area contributed by atoms with Crippen LogP contribution in [-0.4, -0.2) is 5.78 Å². The van der Waals surface area contributed by atoms with Gasteiger partial charge in [0.2, 0.25) is 0 Å². The quantitative estimate of drug-likeness (QED) is 0.503. The molecule has 0 aromatic heterocycles. The Morgan fingerprint density at radius 2 is 2.33 bits per heavy atom. The summed E-state index contributed by atoms with van der Waals surface area (Å²) >= 11 is 0. The van der Waals surface area contributed by atoms with E-state index in [1.165, 1.54) is 6.42 Å². The molecule has 1 unspecified atom stereocenters. The van der Waals surface area contributed by atoms with Gasteiger partial charge < -0.3 is 0 Å². The van der Waals surface area contributed by atoms with E-state index < -0.39 is 0 Å². The van der Waals surface area contributed by atoms with Crippen molar-refractivity contribution in [1.29, 1.82) is 0 Å². The van der Waals surface area contributed by atoms with Gasteiger partial charge >= 0.3 is 0 Å². The van der Waals surface area contributed by atoms with Crippen LogP contribution >= 0.6 is 0 Å². The fourth-order valence-electron chi connectivity index (χ4n) is 2.66. The third kappa shape index (κ3) is 0.886. The largest absolute Gasteiger partial charge is 0.299 e. The van der Waals surface area contributed by atoms with Gasteiger partial charge in [-0.05, 0) is 24.2 Å². The highest BCUT2D eigenvalue weighted by molar-refractivity contribution is 5.84. The monoisotopic (exact) mass is 164 g/mol. The van der Waals surface area contributed by atoms with E-state index in [-0.39, 0.29) is 11.3 Å². The summed E-state index contributed by atoms with van der Waals surface area (Å²) in [5.41, 5.74) is 0.284. The summed E-state index contributed by atoms with van der Waals surface area (Å²) in [6.45, 7) is 4.37. The van der Waals surface area contributed by atoms with E-state index >= 15 is 0 Å². The summed E-state index contributed by atoms with van der Waals surface area (Å²) < 4.78 is 0. The van der Waals surface area contributed by atoms with Crippen molar-refractivity contribution in [2.45, 2.75) is 33.1 Å². The maximum absolute atomic E-state index is 11.5. The zero-order valence-electron chi connectivity index (χ0n) is 7.84. The molecule has 2 aliphatic carbocycles. The van der Waals surface area contributed by atoms with E-state index in [4.69, 9.17) is 0 Å². The predicted octanol–water partition coefficient (Wildman–Crippen LogP) is 2.57. The van der Waals surface area contributed by atoms with Crippen molar-refractivity contribution in [3.8, 4) is 0 Å². The number of fused-ring (bicyclic) bond motifs is 1. The van der Waals surface area contributed by atoms with Crippen LogP contribution in [0, 0.1) is 17.3 Å². The van der Waals surface area contributed by atoms with Crippen LogP contribution in [0.2, 0.25) is 0 Å². The second kappa shape index (κ2) is 2.45. The highest BCUT2D eigenvalue weighted by Crippen LogP contribution is 2.51. The Kier molecular flexibility index (Phi) is 1.64. The summed E-state index contributed by atoms with van der Waals surface area (Å²) in [6.07, 6.45) is 7.63. The third-order valence-corrected chi connectivity index (χ3v) is 3.96. The van der Waals surface area contributed by atoms with Crippen LogP contribution in [0.3, 0.4) is 0 Å². The first-order valence-electron chi connectivity index (χ1n) is 4.84. The average Bonchev–Trinajstić information content (AvgIpc) is 2.28. The summed E-state index contributed by atoms with van der Waals surface area (Å²) in [4.78, 5) is 11.5. The molecular weight excluding hydrogens is 148 g/mol. The van der Waals surface area contributed by atoms with Gasteiger partial charge in [0.25, 0.3) is 0 Å². The highest BCUT2D eigenvalue weighted by Gasteiger charge is 2.48. The first-order valence-corrected chi connectivity index (χ1v) is 4.84. The minimum atomic E-state index is 0.284. The maximum Gasteiger partial charge on any atom is 0.136 e. The molecule has 1 fully saturated rings. The van der Waals surface area contributed by atoms with Crippen molar-refractivity contribution in [2.24, 2.45) is 17.3 Å². The van der Waals surface area contributed by atoms with Gasteiger partial charge in [-0.25, -0.2) is 0 Å². The number of ketones is 1. The van der Waals surface area contributed by atoms with Crippen molar-refractivity contribution in [3.63, 3.8) is 0 Å². The molecule has 0 aliphatic heterocycles. The van der Waals surface area contributed by atoms with Crippen LogP contribution in [0.25, 0.3) is 0 Å². The van der Waals surface area contributed by atoms with Gasteiger partial charge in [0.1, 0.15) is 5.78 Å². The van der Waals surface area contributed by atoms with Crippen molar-refractivity contribution < 1.29 is 4.79 Å². The molecule has 12 heavy (non-hydrogen) atoms. The minimum absolute atomic E-state index is 0.284. The molecule has 0 N–H and O–H groups in total. The number of carbonyl (C=O) groups is 1. The fourth-order valence-corrected chi connectivity index (χ4v) is 2.66. The van der Waals surface area contributed by atoms with E-state index in [9.17, 15) is 4.79 Å². The topological polar surface area (TPSA) is 17.1 Å². The molecule has 0 aromatic rings. The number of allylic oxidation sites excluding steroid dienone is 2. The SMILES string of the molecule is CC1C(=O)C[C@H]2C=CCC[C@]12C. The van der Waals surface area contributed by atoms with Crippen LogP contribution in [0.1, 0.15) is 33.1 Å². The standard InChI is InChI=1S/C11H16O/c1-8-10(12)7-9-5-3-4-6-11(8,9)2/h3,5,8-9H,4,6-7H2,1-2H3/t8?,9-,11-/m1/s1. The summed E-state index contributed by atoms with van der Waals surface area (Å²) in [5.74, 6) is 1.29. The highest BCUT2D eigenvalue weighted by atomic mass is 16.1. The van der Waals surface area contributed by atoms with Crippen molar-refractivity contribution in [2.75, 3.05) is 0 Å². The van der Waals surface area contributed by atoms with Crippen LogP contribution in [-0.2, 0) is 4.79 Å². The Morgan fingerprint density at radius 1 is 1.58 bits per heavy atom. The molecular formula is C11H16O. The van der Waals surface area contributed by atoms with Gasteiger partial charge in [-0.15, -0.1) is 0 Å². The molecule has 0 heterocycles. The van der Waals surface area contributed by atoms with Crippen LogP contribution < -0.4 is 0 Å². The number of hydrogen-bond acceptors (Lipinski definition) is 1. The lowest BCUT2D eigenvalue weighted by atomic mass is 9.69. The Labute approximate surface area is 73.8 Å². The van der Waals surface area contributed by atoms with Gasteiger partial charge in [-0.2, -0.15) is 0 Å². The van der Waals surface area contributed by atoms with Gasteiger partial charge in [0.05, 0.1) is 0 Å². The zero-order chi connectivity index (χ0) is 8.77. The molecule has 0 saturated heterocycles. The number of rotatable bonds is 0. The second-order valence-corrected chi connectivity index (χ2v) is 4.47. The van der Waals surface area contributed by atoms with Gasteiger partial charge in [-0.3, -0.25) is 4.79 Å². The van der Waals surface area contributed by atoms with Crippen molar-refractivity contribution in [3.05, 3.63) is 12.2 Å². The van der Waals surface area contributed by atoms with E-state index in [0.29, 0.717) is 11.7 Å². The molecule has 1 heteroatoms. The Morgan fingerprint density at radius 3 is 3.00 bits per heavy atom. The molecule has 0 bridgehead atoms. The summed E-state index contributed by atoms with van der Waals surface area (Å²) in [5, 5.41) is 0. The maximum atomic E-state index is 11.5. The van der Waals surface area contributed by atoms with Gasteiger partial charge in [0, 0.05) is 12.3 Å². The Hall–Kier alpha value is -0.590. The van der Waals surface area contributed by atoms with Gasteiger partial charge in [-0.1, -0.05) is 26.0 Å². The summed E-state index contributed by atoms with van der Waals surface area (Å²) in [6, 6.07) is 0.